The van der Waals surface area contributed by atoms with Crippen LogP contribution in [-0.4, -0.2) is 36.5 Å². The second kappa shape index (κ2) is 5.25. The van der Waals surface area contributed by atoms with Gasteiger partial charge in [-0.2, -0.15) is 5.10 Å². The predicted molar refractivity (Wildman–Crippen MR) is 68.3 cm³/mol. The lowest BCUT2D eigenvalue weighted by atomic mass is 9.90. The van der Waals surface area contributed by atoms with E-state index in [2.05, 4.69) is 9.82 Å². The van der Waals surface area contributed by atoms with Gasteiger partial charge in [-0.3, -0.25) is 4.68 Å². The summed E-state index contributed by atoms with van der Waals surface area (Å²) in [5, 5.41) is 12.7. The number of hydrogen-bond donors (Lipinski definition) is 3. The fourth-order valence-electron chi connectivity index (χ4n) is 1.45. The van der Waals surface area contributed by atoms with Crippen LogP contribution in [0, 0.1) is 5.41 Å². The zero-order chi connectivity index (χ0) is 14.0. The third kappa shape index (κ3) is 3.69. The molecule has 0 aromatic carbocycles. The van der Waals surface area contributed by atoms with Gasteiger partial charge in [0.15, 0.2) is 5.82 Å². The molecule has 8 heteroatoms. The van der Waals surface area contributed by atoms with Crippen molar-refractivity contribution in [2.45, 2.75) is 25.2 Å². The minimum absolute atomic E-state index is 0.0176. The molecule has 0 amide bonds. The van der Waals surface area contributed by atoms with E-state index in [1.807, 2.05) is 13.8 Å². The number of anilines is 1. The van der Waals surface area contributed by atoms with E-state index in [-0.39, 0.29) is 29.3 Å². The van der Waals surface area contributed by atoms with Crippen molar-refractivity contribution in [3.8, 4) is 0 Å². The predicted octanol–water partition coefficient (Wildman–Crippen LogP) is -0.311. The molecule has 104 valence electrons. The summed E-state index contributed by atoms with van der Waals surface area (Å²) in [6.07, 6.45) is 1.87. The van der Waals surface area contributed by atoms with Gasteiger partial charge in [-0.05, 0) is 11.8 Å². The molecule has 0 bridgehead atoms. The van der Waals surface area contributed by atoms with Crippen LogP contribution in [0.3, 0.4) is 0 Å². The Hall–Kier alpha value is -1.12. The smallest absolute Gasteiger partial charge is 0.245 e. The monoisotopic (exact) mass is 276 g/mol. The zero-order valence-electron chi connectivity index (χ0n) is 10.8. The number of nitrogens with one attached hydrogen (secondary N) is 1. The van der Waals surface area contributed by atoms with E-state index in [9.17, 15) is 8.42 Å². The van der Waals surface area contributed by atoms with Crippen LogP contribution in [0.2, 0.25) is 0 Å². The molecular weight excluding hydrogens is 256 g/mol. The molecule has 0 fully saturated rings. The van der Waals surface area contributed by atoms with Crippen LogP contribution >= 0.6 is 0 Å². The van der Waals surface area contributed by atoms with Crippen LogP contribution in [-0.2, 0) is 17.1 Å². The van der Waals surface area contributed by atoms with E-state index < -0.39 is 10.0 Å². The highest BCUT2D eigenvalue weighted by atomic mass is 32.2. The normalized spacial score (nSPS) is 12.9. The standard InChI is InChI=1S/C10H20N4O3S/c1-10(2,4-5-15)7-12-18(16,17)8-6-14(3)13-9(8)11/h6,12,15H,4-5,7H2,1-3H3,(H2,11,13). The van der Waals surface area contributed by atoms with Gasteiger partial charge in [-0.1, -0.05) is 13.8 Å². The summed E-state index contributed by atoms with van der Waals surface area (Å²) >= 11 is 0. The number of aromatic nitrogens is 2. The van der Waals surface area contributed by atoms with Crippen molar-refractivity contribution in [2.75, 3.05) is 18.9 Å². The van der Waals surface area contributed by atoms with Crippen molar-refractivity contribution >= 4 is 15.8 Å². The Labute approximate surface area is 107 Å². The fourth-order valence-corrected chi connectivity index (χ4v) is 2.79. The second-order valence-corrected chi connectivity index (χ2v) is 6.75. The van der Waals surface area contributed by atoms with Crippen molar-refractivity contribution in [1.29, 1.82) is 0 Å². The van der Waals surface area contributed by atoms with Gasteiger partial charge < -0.3 is 10.8 Å². The van der Waals surface area contributed by atoms with Crippen LogP contribution in [0.5, 0.6) is 0 Å². The molecule has 0 radical (unpaired) electrons. The lowest BCUT2D eigenvalue weighted by Crippen LogP contribution is -2.34. The molecule has 1 aromatic heterocycles. The van der Waals surface area contributed by atoms with Crippen LogP contribution < -0.4 is 10.5 Å². The van der Waals surface area contributed by atoms with Crippen LogP contribution in [0.4, 0.5) is 5.82 Å². The van der Waals surface area contributed by atoms with Crippen LogP contribution in [0.15, 0.2) is 11.1 Å². The highest BCUT2D eigenvalue weighted by Gasteiger charge is 2.24. The van der Waals surface area contributed by atoms with Gasteiger partial charge in [-0.25, -0.2) is 13.1 Å². The van der Waals surface area contributed by atoms with Crippen molar-refractivity contribution in [2.24, 2.45) is 12.5 Å². The summed E-state index contributed by atoms with van der Waals surface area (Å²) in [6, 6.07) is 0. The summed E-state index contributed by atoms with van der Waals surface area (Å²) in [5.41, 5.74) is 5.21. The largest absolute Gasteiger partial charge is 0.396 e. The average Bonchev–Trinajstić information content (AvgIpc) is 2.56. The quantitative estimate of drug-likeness (QED) is 0.660. The molecule has 18 heavy (non-hydrogen) atoms. The summed E-state index contributed by atoms with van der Waals surface area (Å²) < 4.78 is 27.9. The van der Waals surface area contributed by atoms with E-state index in [4.69, 9.17) is 10.8 Å². The first-order valence-corrected chi connectivity index (χ1v) is 7.06. The molecule has 0 unspecified atom stereocenters. The minimum Gasteiger partial charge on any atom is -0.396 e. The molecule has 4 N–H and O–H groups in total. The number of rotatable bonds is 6. The average molecular weight is 276 g/mol. The minimum atomic E-state index is -3.66. The lowest BCUT2D eigenvalue weighted by molar-refractivity contribution is 0.213. The first kappa shape index (κ1) is 14.9. The molecule has 1 rings (SSSR count). The fraction of sp³-hybridized carbons (Fsp3) is 0.700. The number of aryl methyl sites for hydroxylation is 1. The van der Waals surface area contributed by atoms with E-state index in [1.165, 1.54) is 10.9 Å². The van der Waals surface area contributed by atoms with Crippen molar-refractivity contribution in [1.82, 2.24) is 14.5 Å². The Morgan fingerprint density at radius 3 is 2.61 bits per heavy atom. The molecule has 1 heterocycles. The summed E-state index contributed by atoms with van der Waals surface area (Å²) in [5.74, 6) is -0.0232. The van der Waals surface area contributed by atoms with Gasteiger partial charge in [0.25, 0.3) is 0 Å². The number of nitrogen functional groups attached to an aromatic ring is 1. The summed E-state index contributed by atoms with van der Waals surface area (Å²) in [7, 11) is -2.06. The molecule has 0 aliphatic rings. The molecule has 0 atom stereocenters. The third-order valence-electron chi connectivity index (χ3n) is 2.64. The van der Waals surface area contributed by atoms with E-state index in [0.29, 0.717) is 6.42 Å². The number of nitrogens with zero attached hydrogens (tertiary/aromatic N) is 2. The Bertz CT molecular complexity index is 507. The summed E-state index contributed by atoms with van der Waals surface area (Å²) in [4.78, 5) is -0.0233. The number of aliphatic hydroxyl groups is 1. The number of sulfonamides is 1. The molecule has 7 nitrogen and oxygen atoms in total. The Morgan fingerprint density at radius 1 is 1.56 bits per heavy atom. The van der Waals surface area contributed by atoms with Gasteiger partial charge in [0.05, 0.1) is 0 Å². The van der Waals surface area contributed by atoms with Gasteiger partial charge in [0, 0.05) is 26.4 Å². The molecule has 1 aromatic rings. The SMILES string of the molecule is Cn1cc(S(=O)(=O)NCC(C)(C)CCO)c(N)n1. The number of nitrogens with two attached hydrogens (primary N) is 1. The van der Waals surface area contributed by atoms with Gasteiger partial charge in [-0.15, -0.1) is 0 Å². The van der Waals surface area contributed by atoms with E-state index >= 15 is 0 Å². The van der Waals surface area contributed by atoms with E-state index in [0.717, 1.165) is 0 Å². The van der Waals surface area contributed by atoms with Crippen LogP contribution in [0.1, 0.15) is 20.3 Å². The Morgan fingerprint density at radius 2 is 2.17 bits per heavy atom. The van der Waals surface area contributed by atoms with Gasteiger partial charge in [0.2, 0.25) is 10.0 Å². The molecular formula is C10H20N4O3S. The molecule has 0 saturated heterocycles. The lowest BCUT2D eigenvalue weighted by Gasteiger charge is -2.23. The van der Waals surface area contributed by atoms with Crippen molar-refractivity contribution in [3.05, 3.63) is 6.20 Å². The maximum atomic E-state index is 12.0. The zero-order valence-corrected chi connectivity index (χ0v) is 11.7. The first-order valence-electron chi connectivity index (χ1n) is 5.57. The van der Waals surface area contributed by atoms with Crippen molar-refractivity contribution in [3.63, 3.8) is 0 Å². The first-order chi connectivity index (χ1) is 8.18. The summed E-state index contributed by atoms with van der Waals surface area (Å²) in [6.45, 7) is 3.99. The van der Waals surface area contributed by atoms with Gasteiger partial charge >= 0.3 is 0 Å². The Kier molecular flexibility index (Phi) is 4.36. The number of hydrogen-bond acceptors (Lipinski definition) is 5. The topological polar surface area (TPSA) is 110 Å². The second-order valence-electron chi connectivity index (χ2n) is 5.01. The highest BCUT2D eigenvalue weighted by Crippen LogP contribution is 2.21. The maximum Gasteiger partial charge on any atom is 0.245 e. The molecule has 0 aliphatic heterocycles. The third-order valence-corrected chi connectivity index (χ3v) is 4.06. The number of aliphatic hydroxyl groups excluding tert-OH is 1. The van der Waals surface area contributed by atoms with E-state index in [1.54, 1.807) is 7.05 Å². The molecule has 0 saturated carbocycles. The molecule has 0 spiro atoms. The highest BCUT2D eigenvalue weighted by molar-refractivity contribution is 7.89. The van der Waals surface area contributed by atoms with Crippen molar-refractivity contribution < 1.29 is 13.5 Å². The molecule has 0 aliphatic carbocycles. The van der Waals surface area contributed by atoms with Crippen LogP contribution in [0.25, 0.3) is 0 Å². The maximum absolute atomic E-state index is 12.0. The van der Waals surface area contributed by atoms with Gasteiger partial charge in [0.1, 0.15) is 4.90 Å². The Balaban J connectivity index is 2.81.